The number of ether oxygens (including phenoxy) is 8. The Kier molecular flexibility index (Phi) is 20.6. The smallest absolute Gasteiger partial charge is 0.416 e. The number of nitrogens with one attached hydrogen (secondary N) is 5. The molecule has 1 aliphatic rings. The molecule has 0 radical (unpaired) electrons. The van der Waals surface area contributed by atoms with Crippen LogP contribution in [0, 0.1) is 5.41 Å². The Morgan fingerprint density at radius 3 is 1.78 bits per heavy atom. The second kappa shape index (κ2) is 27.8. The average Bonchev–Trinajstić information content (AvgIpc) is 4.04. The molecule has 27 nitrogen and oxygen atoms in total. The molecule has 6 rings (SSSR count). The minimum atomic E-state index is -2.04. The van der Waals surface area contributed by atoms with Gasteiger partial charge in [0.05, 0.1) is 19.6 Å². The lowest BCUT2D eigenvalue weighted by Gasteiger charge is -2.46. The quantitative estimate of drug-likeness (QED) is 0.0321. The van der Waals surface area contributed by atoms with Crippen molar-refractivity contribution in [2.75, 3.05) is 19.0 Å². The molecule has 5 amide bonds. The van der Waals surface area contributed by atoms with E-state index in [9.17, 15) is 43.2 Å². The van der Waals surface area contributed by atoms with Crippen molar-refractivity contribution in [3.05, 3.63) is 120 Å². The van der Waals surface area contributed by atoms with Gasteiger partial charge in [0.1, 0.15) is 37.5 Å². The Morgan fingerprint density at radius 2 is 1.23 bits per heavy atom. The largest absolute Gasteiger partial charge is 0.467 e. The molecular formula is C51H56N10O17. The van der Waals surface area contributed by atoms with Crippen LogP contribution in [0.1, 0.15) is 63.5 Å². The molecule has 7 atom stereocenters. The zero-order valence-corrected chi connectivity index (χ0v) is 42.8. The number of aromatic nitrogens is 4. The molecule has 0 saturated carbocycles. The Hall–Kier alpha value is -9.53. The number of nitrogens with zero attached hydrogens (tertiary/aromatic N) is 5. The van der Waals surface area contributed by atoms with Crippen molar-refractivity contribution in [1.82, 2.24) is 40.4 Å². The summed E-state index contributed by atoms with van der Waals surface area (Å²) < 4.78 is 46.0. The number of rotatable bonds is 20. The topological polar surface area (TPSA) is 346 Å². The Bertz CT molecular complexity index is 2950. The minimum absolute atomic E-state index is 0.0514. The first kappa shape index (κ1) is 57.7. The molecule has 1 fully saturated rings. The number of guanidine groups is 1. The normalized spacial score (nSPS) is 17.3. The van der Waals surface area contributed by atoms with E-state index in [4.69, 9.17) is 43.3 Å². The summed E-state index contributed by atoms with van der Waals surface area (Å²) in [6.07, 6.45) is -10.5. The van der Waals surface area contributed by atoms with Crippen molar-refractivity contribution < 1.29 is 81.0 Å². The zero-order valence-electron chi connectivity index (χ0n) is 42.8. The predicted octanol–water partition coefficient (Wildman–Crippen LogP) is 3.71. The first-order chi connectivity index (χ1) is 37.4. The highest BCUT2D eigenvalue weighted by atomic mass is 16.7. The number of esters is 4. The van der Waals surface area contributed by atoms with Gasteiger partial charge in [0.2, 0.25) is 23.7 Å². The van der Waals surface area contributed by atoms with Crippen LogP contribution in [0.2, 0.25) is 0 Å². The molecule has 5 aromatic rings. The average molecular weight is 1080 g/mol. The molecule has 0 spiro atoms. The number of fused-ring (bicyclic) bond motifs is 1. The Morgan fingerprint density at radius 1 is 0.692 bits per heavy atom. The maximum atomic E-state index is 14.8. The van der Waals surface area contributed by atoms with Crippen molar-refractivity contribution in [2.45, 2.75) is 103 Å². The van der Waals surface area contributed by atoms with Crippen molar-refractivity contribution in [1.29, 1.82) is 5.41 Å². The number of anilines is 1. The molecule has 1 saturated heterocycles. The summed E-state index contributed by atoms with van der Waals surface area (Å²) in [5, 5.41) is 18.3. The first-order valence-electron chi connectivity index (χ1n) is 23.9. The third-order valence-electron chi connectivity index (χ3n) is 11.2. The molecule has 412 valence electrons. The molecule has 78 heavy (non-hydrogen) atoms. The molecule has 1 aliphatic heterocycles. The molecule has 3 heterocycles. The van der Waals surface area contributed by atoms with Gasteiger partial charge in [-0.3, -0.25) is 44.6 Å². The molecule has 0 aliphatic carbocycles. The van der Waals surface area contributed by atoms with Crippen molar-refractivity contribution in [3.8, 4) is 0 Å². The van der Waals surface area contributed by atoms with Crippen LogP contribution in [0.3, 0.4) is 0 Å². The molecular weight excluding hydrogens is 1020 g/mol. The lowest BCUT2D eigenvalue weighted by Crippen LogP contribution is -2.67. The van der Waals surface area contributed by atoms with Gasteiger partial charge in [0.25, 0.3) is 0 Å². The van der Waals surface area contributed by atoms with E-state index in [2.05, 4.69) is 36.2 Å². The summed E-state index contributed by atoms with van der Waals surface area (Å²) in [6, 6.07) is 22.0. The standard InChI is InChI=1S/C51H56N10O17/c1-29(62)55-48-53-24-37-43(58-48)61(28-54-37)45-42(77-32(4)65)41(76-31(3)64)40(75-30(2)63)39(78-45)38(46(67)71-5)57-44(66)36(56-49(68)72-25-33-16-9-6-10-17-33)22-15-23-60(51(70)74-27-35-20-13-8-14-21-35)47(52)59-50(69)73-26-34-18-11-7-12-19-34/h6-14,16-21,24,28,36,38-42,45H,15,22-23,25-27H2,1-5H3,(H,56,68)(H,57,66)(H2,52,59,69)(H,53,55,58,62)/t36?,38-,39+,40+,41-,42+,45+/m0/s1. The summed E-state index contributed by atoms with van der Waals surface area (Å²) in [4.78, 5) is 133. The van der Waals surface area contributed by atoms with Gasteiger partial charge >= 0.3 is 42.2 Å². The summed E-state index contributed by atoms with van der Waals surface area (Å²) in [6.45, 7) is 3.12. The minimum Gasteiger partial charge on any atom is -0.467 e. The van der Waals surface area contributed by atoms with E-state index in [1.54, 1.807) is 91.0 Å². The van der Waals surface area contributed by atoms with Crippen LogP contribution in [-0.2, 0) is 86.5 Å². The second-order valence-electron chi connectivity index (χ2n) is 17.1. The summed E-state index contributed by atoms with van der Waals surface area (Å²) in [5.41, 5.74) is 1.87. The highest BCUT2D eigenvalue weighted by molar-refractivity contribution is 5.99. The first-order valence-corrected chi connectivity index (χ1v) is 23.9. The van der Waals surface area contributed by atoms with Gasteiger partial charge in [-0.2, -0.15) is 4.98 Å². The second-order valence-corrected chi connectivity index (χ2v) is 17.1. The van der Waals surface area contributed by atoms with Crippen LogP contribution in [0.25, 0.3) is 11.2 Å². The van der Waals surface area contributed by atoms with Gasteiger partial charge in [0.15, 0.2) is 36.2 Å². The van der Waals surface area contributed by atoms with Crippen molar-refractivity contribution >= 4 is 77.0 Å². The van der Waals surface area contributed by atoms with Crippen LogP contribution in [0.5, 0.6) is 0 Å². The highest BCUT2D eigenvalue weighted by Gasteiger charge is 2.57. The van der Waals surface area contributed by atoms with Crippen molar-refractivity contribution in [2.24, 2.45) is 0 Å². The van der Waals surface area contributed by atoms with Crippen LogP contribution in [0.15, 0.2) is 104 Å². The molecule has 5 N–H and O–H groups in total. The number of benzene rings is 3. The number of alkyl carbamates (subject to hydrolysis) is 2. The van der Waals surface area contributed by atoms with Gasteiger partial charge < -0.3 is 48.5 Å². The Balaban J connectivity index is 1.33. The van der Waals surface area contributed by atoms with Gasteiger partial charge in [-0.05, 0) is 29.5 Å². The fraction of sp³-hybridized carbons (Fsp3) is 0.353. The zero-order chi connectivity index (χ0) is 56.3. The van der Waals surface area contributed by atoms with E-state index < -0.39 is 116 Å². The van der Waals surface area contributed by atoms with E-state index in [0.717, 1.165) is 32.8 Å². The summed E-state index contributed by atoms with van der Waals surface area (Å²) >= 11 is 0. The number of methoxy groups -OCH3 is 1. The maximum absolute atomic E-state index is 14.8. The molecule has 27 heteroatoms. The molecule has 3 aromatic carbocycles. The molecule has 2 aromatic heterocycles. The van der Waals surface area contributed by atoms with Crippen LogP contribution in [0.4, 0.5) is 20.3 Å². The lowest BCUT2D eigenvalue weighted by atomic mass is 9.92. The van der Waals surface area contributed by atoms with Crippen LogP contribution < -0.4 is 21.3 Å². The Labute approximate surface area is 445 Å². The highest BCUT2D eigenvalue weighted by Crippen LogP contribution is 2.37. The fourth-order valence-electron chi connectivity index (χ4n) is 7.84. The predicted molar refractivity (Wildman–Crippen MR) is 268 cm³/mol. The number of imidazole rings is 1. The fourth-order valence-corrected chi connectivity index (χ4v) is 7.84. The summed E-state index contributed by atoms with van der Waals surface area (Å²) in [7, 11) is 0.959. The summed E-state index contributed by atoms with van der Waals surface area (Å²) in [5.74, 6) is -6.80. The van der Waals surface area contributed by atoms with Crippen LogP contribution >= 0.6 is 0 Å². The van der Waals surface area contributed by atoms with Gasteiger partial charge in [0, 0.05) is 34.2 Å². The number of carbonyl (C=O) groups is 9. The van der Waals surface area contributed by atoms with Crippen molar-refractivity contribution in [3.63, 3.8) is 0 Å². The third kappa shape index (κ3) is 16.5. The van der Waals surface area contributed by atoms with E-state index in [0.29, 0.717) is 16.7 Å². The number of carbonyl (C=O) groups excluding carboxylic acids is 9. The third-order valence-corrected chi connectivity index (χ3v) is 11.2. The van der Waals surface area contributed by atoms with E-state index in [-0.39, 0.29) is 43.4 Å². The molecule has 1 unspecified atom stereocenters. The maximum Gasteiger partial charge on any atom is 0.416 e. The van der Waals surface area contributed by atoms with Gasteiger partial charge in [-0.25, -0.2) is 34.0 Å². The van der Waals surface area contributed by atoms with E-state index in [1.165, 1.54) is 24.0 Å². The molecule has 0 bridgehead atoms. The number of amides is 5. The number of hydrogen-bond donors (Lipinski definition) is 5. The lowest BCUT2D eigenvalue weighted by molar-refractivity contribution is -0.266. The number of hydrogen-bond acceptors (Lipinski definition) is 21. The SMILES string of the molecule is COC(=O)[C@@H](NC(=O)C(CCCN(C(=N)NC(=O)OCc1ccccc1)C(=O)OCc1ccccc1)NC(=O)OCc1ccccc1)[C@H]1O[C@@H](n2cnc3cnc(NC(C)=O)nc32)[C@H](OC(C)=O)[C@@H](OC(C)=O)[C@@H]1OC(C)=O. The van der Waals surface area contributed by atoms with E-state index in [1.807, 2.05) is 0 Å². The monoisotopic (exact) mass is 1080 g/mol. The van der Waals surface area contributed by atoms with Crippen LogP contribution in [-0.4, -0.2) is 135 Å². The van der Waals surface area contributed by atoms with E-state index >= 15 is 0 Å². The van der Waals surface area contributed by atoms with Gasteiger partial charge in [-0.1, -0.05) is 91.0 Å². The van der Waals surface area contributed by atoms with Gasteiger partial charge in [-0.15, -0.1) is 0 Å².